The number of aromatic amines is 2. The lowest BCUT2D eigenvalue weighted by Crippen LogP contribution is -1.95. The Morgan fingerprint density at radius 2 is 0.750 bits per heavy atom. The van der Waals surface area contributed by atoms with Crippen LogP contribution in [0.5, 0.6) is 0 Å². The third-order valence-electron chi connectivity index (χ3n) is 11.6. The Bertz CT molecular complexity index is 2830. The van der Waals surface area contributed by atoms with Gasteiger partial charge in [-0.05, 0) is 180 Å². The van der Waals surface area contributed by atoms with E-state index in [9.17, 15) is 0 Å². The zero-order valence-electron chi connectivity index (χ0n) is 36.3. The second-order valence-corrected chi connectivity index (χ2v) is 14.9. The SMILES string of the molecule is CCC1=C(CC)c2nc1cc1[nH]c(cc3[nH]c(cc4nc(c2C#CC#Cc2ccc(C#CC#Cc5ccncc5)cc2)C(CC)=C4CC)c(CC)c3CC)c(CC)c1CC. The highest BCUT2D eigenvalue weighted by molar-refractivity contribution is 5.99. The molecule has 1 aromatic carbocycles. The molecule has 5 nitrogen and oxygen atoms in total. The van der Waals surface area contributed by atoms with Gasteiger partial charge in [-0.25, -0.2) is 9.97 Å². The average molecular weight is 784 g/mol. The number of aryl methyl sites for hydroxylation is 4. The molecule has 0 atom stereocenters. The number of aromatic nitrogens is 5. The van der Waals surface area contributed by atoms with E-state index in [1.807, 2.05) is 36.4 Å². The molecule has 0 fully saturated rings. The van der Waals surface area contributed by atoms with Crippen molar-refractivity contribution in [1.29, 1.82) is 0 Å². The fourth-order valence-corrected chi connectivity index (χ4v) is 8.78. The molecule has 2 aliphatic heterocycles. The van der Waals surface area contributed by atoms with Gasteiger partial charge in [-0.2, -0.15) is 0 Å². The summed E-state index contributed by atoms with van der Waals surface area (Å²) in [5, 5.41) is 0. The number of H-pyrrole nitrogens is 2. The molecule has 6 heterocycles. The van der Waals surface area contributed by atoms with E-state index < -0.39 is 0 Å². The first-order valence-electron chi connectivity index (χ1n) is 21.7. The number of fused-ring (bicyclic) bond motifs is 8. The molecule has 2 aliphatic rings. The standard InChI is InChI=1S/C55H53N5/c1-9-39-41(11-3)50-34-52-43(13-5)45(15-7)54(59-52)47(24-20-19-22-37-27-25-36(26-28-37)21-17-18-23-38-29-31-56-32-30-38)55-46(16-8)44(14-6)53(60-55)35-51-42(12-4)40(10-2)49(58-51)33-48(39)57-50/h25-35,57-58H,9-16H2,1-8H3. The summed E-state index contributed by atoms with van der Waals surface area (Å²) in [4.78, 5) is 22.8. The second kappa shape index (κ2) is 18.9. The Labute approximate surface area is 356 Å². The first-order chi connectivity index (χ1) is 29.4. The fraction of sp³-hybridized carbons (Fsp3) is 0.291. The van der Waals surface area contributed by atoms with Crippen LogP contribution in [0.25, 0.3) is 44.4 Å². The van der Waals surface area contributed by atoms with Gasteiger partial charge in [-0.15, -0.1) is 0 Å². The number of hydrogen-bond acceptors (Lipinski definition) is 3. The van der Waals surface area contributed by atoms with Gasteiger partial charge in [0.25, 0.3) is 0 Å². The van der Waals surface area contributed by atoms with Crippen LogP contribution in [-0.4, -0.2) is 24.9 Å². The Morgan fingerprint density at radius 1 is 0.400 bits per heavy atom. The van der Waals surface area contributed by atoms with Gasteiger partial charge in [0.1, 0.15) is 0 Å². The average Bonchev–Trinajstić information content (AvgIpc) is 4.01. The first-order valence-corrected chi connectivity index (χ1v) is 21.7. The van der Waals surface area contributed by atoms with Crippen LogP contribution in [-0.2, 0) is 25.7 Å². The van der Waals surface area contributed by atoms with Crippen molar-refractivity contribution in [3.63, 3.8) is 0 Å². The topological polar surface area (TPSA) is 70.2 Å². The van der Waals surface area contributed by atoms with Gasteiger partial charge < -0.3 is 9.97 Å². The maximum Gasteiger partial charge on any atom is 0.0851 e. The Balaban J connectivity index is 1.46. The largest absolute Gasteiger partial charge is 0.355 e. The molecule has 0 aliphatic carbocycles. The molecule has 0 saturated heterocycles. The highest BCUT2D eigenvalue weighted by atomic mass is 14.8. The van der Waals surface area contributed by atoms with E-state index in [1.165, 1.54) is 55.6 Å². The number of benzene rings is 1. The summed E-state index contributed by atoms with van der Waals surface area (Å²) in [7, 11) is 0. The number of nitrogens with one attached hydrogen (secondary N) is 2. The zero-order chi connectivity index (χ0) is 42.2. The van der Waals surface area contributed by atoms with Crippen molar-refractivity contribution in [1.82, 2.24) is 24.9 Å². The van der Waals surface area contributed by atoms with Crippen LogP contribution < -0.4 is 0 Å². The normalized spacial score (nSPS) is 11.9. The monoisotopic (exact) mass is 783 g/mol. The molecule has 0 spiro atoms. The summed E-state index contributed by atoms with van der Waals surface area (Å²) >= 11 is 0. The predicted octanol–water partition coefficient (Wildman–Crippen LogP) is 12.2. The minimum Gasteiger partial charge on any atom is -0.355 e. The Morgan fingerprint density at radius 3 is 1.12 bits per heavy atom. The second-order valence-electron chi connectivity index (χ2n) is 14.9. The zero-order valence-corrected chi connectivity index (χ0v) is 36.3. The van der Waals surface area contributed by atoms with Gasteiger partial charge in [-0.1, -0.05) is 73.2 Å². The van der Waals surface area contributed by atoms with Crippen LogP contribution >= 0.6 is 0 Å². The lowest BCUT2D eigenvalue weighted by Gasteiger charge is -2.08. The van der Waals surface area contributed by atoms with Crippen molar-refractivity contribution >= 4 is 44.4 Å². The van der Waals surface area contributed by atoms with Crippen LogP contribution in [0.4, 0.5) is 0 Å². The molecule has 8 bridgehead atoms. The van der Waals surface area contributed by atoms with Gasteiger partial charge in [-0.3, -0.25) is 4.98 Å². The van der Waals surface area contributed by atoms with Crippen LogP contribution in [0.1, 0.15) is 148 Å². The Hall–Kier alpha value is -6.79. The molecule has 4 aromatic heterocycles. The molecule has 0 unspecified atom stereocenters. The molecule has 5 aromatic rings. The summed E-state index contributed by atoms with van der Waals surface area (Å²) in [5.74, 6) is 25.3. The van der Waals surface area contributed by atoms with E-state index in [0.717, 1.165) is 107 Å². The number of pyridine rings is 1. The van der Waals surface area contributed by atoms with Crippen LogP contribution in [0.3, 0.4) is 0 Å². The number of allylic oxidation sites excluding steroid dienone is 4. The van der Waals surface area contributed by atoms with Gasteiger partial charge in [0.05, 0.1) is 28.3 Å². The smallest absolute Gasteiger partial charge is 0.0851 e. The summed E-state index contributed by atoms with van der Waals surface area (Å²) < 4.78 is 0. The highest BCUT2D eigenvalue weighted by Gasteiger charge is 2.26. The molecular formula is C55H53N5. The van der Waals surface area contributed by atoms with E-state index in [0.29, 0.717) is 0 Å². The number of rotatable bonds is 8. The fourth-order valence-electron chi connectivity index (χ4n) is 8.78. The van der Waals surface area contributed by atoms with Gasteiger partial charge >= 0.3 is 0 Å². The first kappa shape index (κ1) is 41.4. The molecule has 0 amide bonds. The van der Waals surface area contributed by atoms with Gasteiger partial charge in [0.15, 0.2) is 0 Å². The van der Waals surface area contributed by atoms with Crippen molar-refractivity contribution in [2.45, 2.75) is 107 Å². The maximum absolute atomic E-state index is 5.50. The summed E-state index contributed by atoms with van der Waals surface area (Å²) in [6, 6.07) is 18.5. The minimum absolute atomic E-state index is 0.831. The molecule has 60 heavy (non-hydrogen) atoms. The summed E-state index contributed by atoms with van der Waals surface area (Å²) in [6.07, 6.45) is 10.6. The van der Waals surface area contributed by atoms with E-state index in [1.54, 1.807) is 12.4 Å². The van der Waals surface area contributed by atoms with E-state index in [2.05, 4.69) is 136 Å². The molecule has 5 heteroatoms. The lowest BCUT2D eigenvalue weighted by atomic mass is 9.94. The molecule has 0 saturated carbocycles. The van der Waals surface area contributed by atoms with Gasteiger partial charge in [0, 0.05) is 51.2 Å². The van der Waals surface area contributed by atoms with Gasteiger partial charge in [0.2, 0.25) is 0 Å². The molecule has 0 radical (unpaired) electrons. The third-order valence-corrected chi connectivity index (χ3v) is 11.6. The predicted molar refractivity (Wildman–Crippen MR) is 251 cm³/mol. The maximum atomic E-state index is 5.50. The summed E-state index contributed by atoms with van der Waals surface area (Å²) in [6.45, 7) is 17.9. The van der Waals surface area contributed by atoms with Crippen LogP contribution in [0, 0.1) is 47.4 Å². The van der Waals surface area contributed by atoms with Crippen molar-refractivity contribution in [3.05, 3.63) is 134 Å². The Kier molecular flexibility index (Phi) is 13.0. The quantitative estimate of drug-likeness (QED) is 0.154. The van der Waals surface area contributed by atoms with Crippen molar-refractivity contribution in [2.24, 2.45) is 0 Å². The van der Waals surface area contributed by atoms with Crippen molar-refractivity contribution in [2.75, 3.05) is 0 Å². The highest BCUT2D eigenvalue weighted by Crippen LogP contribution is 2.41. The van der Waals surface area contributed by atoms with E-state index >= 15 is 0 Å². The van der Waals surface area contributed by atoms with Crippen molar-refractivity contribution in [3.8, 4) is 47.4 Å². The molecule has 7 rings (SSSR count). The molecular weight excluding hydrogens is 731 g/mol. The van der Waals surface area contributed by atoms with E-state index in [-0.39, 0.29) is 0 Å². The number of hydrogen-bond donors (Lipinski definition) is 2. The van der Waals surface area contributed by atoms with Crippen LogP contribution in [0.15, 0.2) is 67.0 Å². The molecule has 298 valence electrons. The van der Waals surface area contributed by atoms with Crippen LogP contribution in [0.2, 0.25) is 0 Å². The third kappa shape index (κ3) is 8.23. The summed E-state index contributed by atoms with van der Waals surface area (Å²) in [5.41, 5.74) is 22.3. The minimum atomic E-state index is 0.831. The molecule has 2 N–H and O–H groups in total. The number of nitrogens with zero attached hydrogens (tertiary/aromatic N) is 3. The lowest BCUT2D eigenvalue weighted by molar-refractivity contribution is 1.07. The van der Waals surface area contributed by atoms with E-state index in [4.69, 9.17) is 9.97 Å². The van der Waals surface area contributed by atoms with Crippen molar-refractivity contribution < 1.29 is 0 Å².